The van der Waals surface area contributed by atoms with Crippen LogP contribution < -0.4 is 0 Å². The van der Waals surface area contributed by atoms with Crippen LogP contribution in [0.1, 0.15) is 25.2 Å². The number of halogens is 1. The second-order valence-electron chi connectivity index (χ2n) is 5.46. The molecule has 23 heavy (non-hydrogen) atoms. The quantitative estimate of drug-likeness (QED) is 0.840. The summed E-state index contributed by atoms with van der Waals surface area (Å²) in [6.07, 6.45) is 3.40. The van der Waals surface area contributed by atoms with E-state index in [-0.39, 0.29) is 11.7 Å². The zero-order valence-corrected chi connectivity index (χ0v) is 13.5. The van der Waals surface area contributed by atoms with Crippen LogP contribution in [0, 0.1) is 5.82 Å². The van der Waals surface area contributed by atoms with Crippen molar-refractivity contribution in [2.75, 3.05) is 18.8 Å². The summed E-state index contributed by atoms with van der Waals surface area (Å²) in [5, 5.41) is 3.85. The normalized spacial score (nSPS) is 14.9. The zero-order chi connectivity index (χ0) is 16.1. The summed E-state index contributed by atoms with van der Waals surface area (Å²) in [5.74, 6) is 1.53. The van der Waals surface area contributed by atoms with Crippen LogP contribution in [-0.2, 0) is 10.5 Å². The zero-order valence-electron chi connectivity index (χ0n) is 12.7. The SMILES string of the molecule is O=C(CSCc1nc(-c2cccc(F)c2)no1)N1CCCCC1. The van der Waals surface area contributed by atoms with Gasteiger partial charge in [0, 0.05) is 18.7 Å². The standard InChI is InChI=1S/C16H18FN3O2S/c17-13-6-4-5-12(9-13)16-18-14(22-19-16)10-23-11-15(21)20-7-2-1-3-8-20/h4-6,9H,1-3,7-8,10-11H2. The molecule has 5 nitrogen and oxygen atoms in total. The predicted molar refractivity (Wildman–Crippen MR) is 86.3 cm³/mol. The fourth-order valence-electron chi connectivity index (χ4n) is 2.52. The molecule has 0 bridgehead atoms. The van der Waals surface area contributed by atoms with Gasteiger partial charge in [-0.15, -0.1) is 11.8 Å². The topological polar surface area (TPSA) is 59.2 Å². The first-order valence-corrected chi connectivity index (χ1v) is 8.82. The van der Waals surface area contributed by atoms with Crippen molar-refractivity contribution in [3.63, 3.8) is 0 Å². The van der Waals surface area contributed by atoms with Crippen molar-refractivity contribution in [3.8, 4) is 11.4 Å². The van der Waals surface area contributed by atoms with E-state index in [0.29, 0.717) is 28.8 Å². The van der Waals surface area contributed by atoms with E-state index in [1.165, 1.54) is 30.3 Å². The van der Waals surface area contributed by atoms with Crippen LogP contribution in [0.2, 0.25) is 0 Å². The summed E-state index contributed by atoms with van der Waals surface area (Å²) in [5.41, 5.74) is 0.578. The van der Waals surface area contributed by atoms with Gasteiger partial charge in [0.15, 0.2) is 0 Å². The minimum absolute atomic E-state index is 0.166. The fourth-order valence-corrected chi connectivity index (χ4v) is 3.27. The molecular formula is C16H18FN3O2S. The molecule has 1 aliphatic rings. The lowest BCUT2D eigenvalue weighted by molar-refractivity contribution is -0.129. The molecule has 1 aromatic carbocycles. The Morgan fingerprint density at radius 3 is 2.91 bits per heavy atom. The summed E-state index contributed by atoms with van der Waals surface area (Å²) >= 11 is 1.46. The van der Waals surface area contributed by atoms with Gasteiger partial charge in [-0.25, -0.2) is 4.39 Å². The number of aromatic nitrogens is 2. The van der Waals surface area contributed by atoms with E-state index in [0.717, 1.165) is 25.9 Å². The lowest BCUT2D eigenvalue weighted by Gasteiger charge is -2.26. The molecule has 2 aromatic rings. The smallest absolute Gasteiger partial charge is 0.236 e. The Morgan fingerprint density at radius 1 is 1.30 bits per heavy atom. The minimum Gasteiger partial charge on any atom is -0.342 e. The van der Waals surface area contributed by atoms with Crippen LogP contribution in [0.25, 0.3) is 11.4 Å². The van der Waals surface area contributed by atoms with E-state index < -0.39 is 0 Å². The van der Waals surface area contributed by atoms with Crippen LogP contribution in [0.15, 0.2) is 28.8 Å². The third-order valence-electron chi connectivity index (χ3n) is 3.71. The number of amides is 1. The number of likely N-dealkylation sites (tertiary alicyclic amines) is 1. The van der Waals surface area contributed by atoms with Crippen LogP contribution >= 0.6 is 11.8 Å². The Kier molecular flexibility index (Phi) is 5.27. The molecule has 2 heterocycles. The highest BCUT2D eigenvalue weighted by atomic mass is 32.2. The molecule has 0 spiro atoms. The Morgan fingerprint density at radius 2 is 2.13 bits per heavy atom. The van der Waals surface area contributed by atoms with E-state index in [1.807, 2.05) is 4.90 Å². The molecule has 0 unspecified atom stereocenters. The molecule has 0 atom stereocenters. The Hall–Kier alpha value is -1.89. The van der Waals surface area contributed by atoms with Crippen molar-refractivity contribution in [2.45, 2.75) is 25.0 Å². The largest absolute Gasteiger partial charge is 0.342 e. The molecule has 0 aliphatic carbocycles. The Balaban J connectivity index is 1.50. The average molecular weight is 335 g/mol. The van der Waals surface area contributed by atoms with Crippen molar-refractivity contribution in [1.29, 1.82) is 0 Å². The first kappa shape index (κ1) is 16.0. The highest BCUT2D eigenvalue weighted by Gasteiger charge is 2.17. The maximum Gasteiger partial charge on any atom is 0.236 e. The minimum atomic E-state index is -0.338. The van der Waals surface area contributed by atoms with E-state index in [2.05, 4.69) is 10.1 Å². The molecule has 0 radical (unpaired) electrons. The summed E-state index contributed by atoms with van der Waals surface area (Å²) in [6.45, 7) is 1.73. The van der Waals surface area contributed by atoms with Crippen LogP contribution in [-0.4, -0.2) is 39.8 Å². The average Bonchev–Trinajstić information content (AvgIpc) is 3.04. The van der Waals surface area contributed by atoms with Gasteiger partial charge in [0.1, 0.15) is 5.82 Å². The van der Waals surface area contributed by atoms with Gasteiger partial charge in [-0.1, -0.05) is 17.3 Å². The fraction of sp³-hybridized carbons (Fsp3) is 0.438. The van der Waals surface area contributed by atoms with Gasteiger partial charge in [0.2, 0.25) is 17.6 Å². The van der Waals surface area contributed by atoms with Crippen molar-refractivity contribution in [1.82, 2.24) is 15.0 Å². The third-order valence-corrected chi connectivity index (χ3v) is 4.61. The maximum absolute atomic E-state index is 13.2. The molecule has 1 aliphatic heterocycles. The van der Waals surface area contributed by atoms with E-state index in [1.54, 1.807) is 12.1 Å². The predicted octanol–water partition coefficient (Wildman–Crippen LogP) is 3.12. The highest BCUT2D eigenvalue weighted by molar-refractivity contribution is 7.99. The molecule has 1 aromatic heterocycles. The lowest BCUT2D eigenvalue weighted by atomic mass is 10.1. The molecule has 1 amide bonds. The summed E-state index contributed by atoms with van der Waals surface area (Å²) in [7, 11) is 0. The molecule has 7 heteroatoms. The Labute approximate surface area is 138 Å². The molecule has 1 saturated heterocycles. The molecule has 0 saturated carbocycles. The van der Waals surface area contributed by atoms with Gasteiger partial charge in [-0.2, -0.15) is 4.98 Å². The number of thioether (sulfide) groups is 1. The number of rotatable bonds is 5. The van der Waals surface area contributed by atoms with Crippen molar-refractivity contribution >= 4 is 17.7 Å². The molecule has 1 fully saturated rings. The second kappa shape index (κ2) is 7.59. The van der Waals surface area contributed by atoms with Crippen LogP contribution in [0.5, 0.6) is 0 Å². The van der Waals surface area contributed by atoms with Gasteiger partial charge in [0.25, 0.3) is 0 Å². The number of piperidine rings is 1. The van der Waals surface area contributed by atoms with E-state index >= 15 is 0 Å². The van der Waals surface area contributed by atoms with Crippen molar-refractivity contribution in [2.24, 2.45) is 0 Å². The number of hydrogen-bond donors (Lipinski definition) is 0. The van der Waals surface area contributed by atoms with E-state index in [4.69, 9.17) is 4.52 Å². The second-order valence-corrected chi connectivity index (χ2v) is 6.44. The highest BCUT2D eigenvalue weighted by Crippen LogP contribution is 2.19. The number of carbonyl (C=O) groups excluding carboxylic acids is 1. The van der Waals surface area contributed by atoms with Gasteiger partial charge in [-0.05, 0) is 31.4 Å². The summed E-state index contributed by atoms with van der Waals surface area (Å²) in [4.78, 5) is 18.2. The molecular weight excluding hydrogens is 317 g/mol. The van der Waals surface area contributed by atoms with Gasteiger partial charge in [-0.3, -0.25) is 4.79 Å². The number of hydrogen-bond acceptors (Lipinski definition) is 5. The first-order chi connectivity index (χ1) is 11.2. The lowest BCUT2D eigenvalue weighted by Crippen LogP contribution is -2.36. The summed E-state index contributed by atoms with van der Waals surface area (Å²) < 4.78 is 18.4. The number of carbonyl (C=O) groups is 1. The van der Waals surface area contributed by atoms with Crippen LogP contribution in [0.3, 0.4) is 0 Å². The Bertz CT molecular complexity index is 671. The van der Waals surface area contributed by atoms with Crippen molar-refractivity contribution in [3.05, 3.63) is 36.0 Å². The maximum atomic E-state index is 13.2. The molecule has 3 rings (SSSR count). The number of nitrogens with zero attached hydrogens (tertiary/aromatic N) is 3. The first-order valence-electron chi connectivity index (χ1n) is 7.66. The van der Waals surface area contributed by atoms with E-state index in [9.17, 15) is 9.18 Å². The summed E-state index contributed by atoms with van der Waals surface area (Å²) in [6, 6.07) is 6.06. The van der Waals surface area contributed by atoms with Gasteiger partial charge in [0.05, 0.1) is 11.5 Å². The van der Waals surface area contributed by atoms with Crippen molar-refractivity contribution < 1.29 is 13.7 Å². The molecule has 122 valence electrons. The molecule has 0 N–H and O–H groups in total. The van der Waals surface area contributed by atoms with Gasteiger partial charge >= 0.3 is 0 Å². The van der Waals surface area contributed by atoms with Crippen LogP contribution in [0.4, 0.5) is 4.39 Å². The third kappa shape index (κ3) is 4.31. The van der Waals surface area contributed by atoms with Gasteiger partial charge < -0.3 is 9.42 Å². The number of benzene rings is 1. The monoisotopic (exact) mass is 335 g/mol.